The Hall–Kier alpha value is -0.640. The van der Waals surface area contributed by atoms with Gasteiger partial charge in [-0.15, -0.1) is 11.3 Å². The minimum absolute atomic E-state index is 0.237. The summed E-state index contributed by atoms with van der Waals surface area (Å²) in [7, 11) is 0. The van der Waals surface area contributed by atoms with Gasteiger partial charge in [0.05, 0.1) is 15.2 Å². The van der Waals surface area contributed by atoms with Crippen LogP contribution >= 0.6 is 22.9 Å². The van der Waals surface area contributed by atoms with Crippen LogP contribution in [-0.4, -0.2) is 11.0 Å². The zero-order chi connectivity index (χ0) is 10.8. The van der Waals surface area contributed by atoms with E-state index in [1.165, 1.54) is 4.70 Å². The summed E-state index contributed by atoms with van der Waals surface area (Å²) >= 11 is 7.62. The molecule has 0 aliphatic carbocycles. The molecule has 80 valence electrons. The van der Waals surface area contributed by atoms with E-state index in [4.69, 9.17) is 17.3 Å². The molecular formula is C11H13ClN2S. The second-order valence-electron chi connectivity index (χ2n) is 3.74. The highest BCUT2D eigenvalue weighted by Gasteiger charge is 2.05. The Bertz CT molecular complexity index is 465. The van der Waals surface area contributed by atoms with Crippen molar-refractivity contribution >= 4 is 33.2 Å². The normalized spacial score (nSPS) is 13.3. The Morgan fingerprint density at radius 2 is 2.33 bits per heavy atom. The number of benzene rings is 1. The predicted octanol–water partition coefficient (Wildman–Crippen LogP) is 3.23. The van der Waals surface area contributed by atoms with Gasteiger partial charge in [-0.1, -0.05) is 11.6 Å². The molecule has 0 fully saturated rings. The summed E-state index contributed by atoms with van der Waals surface area (Å²) in [5.74, 6) is 0. The highest BCUT2D eigenvalue weighted by molar-refractivity contribution is 7.18. The van der Waals surface area contributed by atoms with E-state index in [1.54, 1.807) is 11.3 Å². The van der Waals surface area contributed by atoms with Crippen LogP contribution in [0.25, 0.3) is 10.2 Å². The average molecular weight is 241 g/mol. The largest absolute Gasteiger partial charge is 0.328 e. The van der Waals surface area contributed by atoms with Gasteiger partial charge in [-0.05, 0) is 31.5 Å². The van der Waals surface area contributed by atoms with Crippen molar-refractivity contribution in [3.05, 3.63) is 28.2 Å². The van der Waals surface area contributed by atoms with Crippen LogP contribution in [0.5, 0.6) is 0 Å². The lowest BCUT2D eigenvalue weighted by Gasteiger charge is -2.00. The number of halogens is 1. The lowest BCUT2D eigenvalue weighted by molar-refractivity contribution is 0.665. The number of aromatic nitrogens is 1. The molecule has 0 radical (unpaired) electrons. The molecule has 0 saturated carbocycles. The Kier molecular flexibility index (Phi) is 3.24. The lowest BCUT2D eigenvalue weighted by atomic mass is 10.2. The van der Waals surface area contributed by atoms with Gasteiger partial charge in [-0.25, -0.2) is 4.98 Å². The van der Waals surface area contributed by atoms with E-state index in [2.05, 4.69) is 4.98 Å². The SMILES string of the molecule is CC(N)CCc1nc2cc(Cl)ccc2s1. The third kappa shape index (κ3) is 2.68. The second-order valence-corrected chi connectivity index (χ2v) is 5.29. The van der Waals surface area contributed by atoms with Gasteiger partial charge in [0.25, 0.3) is 0 Å². The smallest absolute Gasteiger partial charge is 0.0939 e. The molecule has 1 aromatic heterocycles. The van der Waals surface area contributed by atoms with E-state index < -0.39 is 0 Å². The monoisotopic (exact) mass is 240 g/mol. The summed E-state index contributed by atoms with van der Waals surface area (Å²) in [5.41, 5.74) is 6.71. The van der Waals surface area contributed by atoms with Crippen LogP contribution < -0.4 is 5.73 Å². The number of hydrogen-bond acceptors (Lipinski definition) is 3. The molecule has 1 aromatic carbocycles. The summed E-state index contributed by atoms with van der Waals surface area (Å²) in [5, 5.41) is 1.89. The summed E-state index contributed by atoms with van der Waals surface area (Å²) in [4.78, 5) is 4.52. The molecule has 0 aliphatic rings. The van der Waals surface area contributed by atoms with Crippen molar-refractivity contribution in [1.82, 2.24) is 4.98 Å². The van der Waals surface area contributed by atoms with Gasteiger partial charge in [0.1, 0.15) is 0 Å². The Morgan fingerprint density at radius 1 is 1.53 bits per heavy atom. The standard InChI is InChI=1S/C11H13ClN2S/c1-7(13)2-5-11-14-9-6-8(12)3-4-10(9)15-11/h3-4,6-7H,2,5,13H2,1H3. The average Bonchev–Trinajstić information content (AvgIpc) is 2.56. The Balaban J connectivity index is 2.23. The van der Waals surface area contributed by atoms with Crippen molar-refractivity contribution in [3.8, 4) is 0 Å². The number of hydrogen-bond donors (Lipinski definition) is 1. The molecule has 1 unspecified atom stereocenters. The second kappa shape index (κ2) is 4.47. The molecule has 0 bridgehead atoms. The van der Waals surface area contributed by atoms with Crippen molar-refractivity contribution in [2.75, 3.05) is 0 Å². The molecule has 2 nitrogen and oxygen atoms in total. The molecule has 0 spiro atoms. The fraction of sp³-hybridized carbons (Fsp3) is 0.364. The zero-order valence-corrected chi connectivity index (χ0v) is 10.1. The molecule has 0 saturated heterocycles. The molecule has 2 rings (SSSR count). The van der Waals surface area contributed by atoms with Crippen LogP contribution in [0.3, 0.4) is 0 Å². The van der Waals surface area contributed by atoms with Gasteiger partial charge in [0, 0.05) is 17.5 Å². The van der Waals surface area contributed by atoms with E-state index >= 15 is 0 Å². The van der Waals surface area contributed by atoms with Crippen LogP contribution in [-0.2, 0) is 6.42 Å². The number of thiazole rings is 1. The molecule has 4 heteroatoms. The first-order chi connectivity index (χ1) is 7.15. The van der Waals surface area contributed by atoms with Crippen molar-refractivity contribution in [3.63, 3.8) is 0 Å². The highest BCUT2D eigenvalue weighted by atomic mass is 35.5. The first kappa shape index (κ1) is 10.9. The van der Waals surface area contributed by atoms with Gasteiger partial charge < -0.3 is 5.73 Å². The molecule has 1 heterocycles. The van der Waals surface area contributed by atoms with E-state index in [1.807, 2.05) is 25.1 Å². The Morgan fingerprint density at radius 3 is 3.07 bits per heavy atom. The molecule has 0 aliphatic heterocycles. The Labute approximate surface area is 98.1 Å². The maximum Gasteiger partial charge on any atom is 0.0939 e. The van der Waals surface area contributed by atoms with E-state index in [0.717, 1.165) is 28.4 Å². The summed E-state index contributed by atoms with van der Waals surface area (Å²) in [6.07, 6.45) is 1.93. The van der Waals surface area contributed by atoms with E-state index in [-0.39, 0.29) is 6.04 Å². The van der Waals surface area contributed by atoms with Crippen LogP contribution in [0.1, 0.15) is 18.4 Å². The molecule has 15 heavy (non-hydrogen) atoms. The van der Waals surface area contributed by atoms with Crippen LogP contribution in [0.15, 0.2) is 18.2 Å². The third-order valence-electron chi connectivity index (χ3n) is 2.21. The number of nitrogens with two attached hydrogens (primary N) is 1. The van der Waals surface area contributed by atoms with Crippen molar-refractivity contribution in [2.45, 2.75) is 25.8 Å². The maximum absolute atomic E-state index is 5.90. The first-order valence-corrected chi connectivity index (χ1v) is 6.15. The predicted molar refractivity (Wildman–Crippen MR) is 66.6 cm³/mol. The summed E-state index contributed by atoms with van der Waals surface area (Å²) in [6, 6.07) is 6.06. The van der Waals surface area contributed by atoms with Crippen LogP contribution in [0, 0.1) is 0 Å². The number of aryl methyl sites for hydroxylation is 1. The minimum Gasteiger partial charge on any atom is -0.328 e. The topological polar surface area (TPSA) is 38.9 Å². The van der Waals surface area contributed by atoms with Gasteiger partial charge in [-0.2, -0.15) is 0 Å². The van der Waals surface area contributed by atoms with Gasteiger partial charge in [0.2, 0.25) is 0 Å². The van der Waals surface area contributed by atoms with Crippen molar-refractivity contribution < 1.29 is 0 Å². The van der Waals surface area contributed by atoms with Crippen LogP contribution in [0.2, 0.25) is 5.02 Å². The van der Waals surface area contributed by atoms with Gasteiger partial charge >= 0.3 is 0 Å². The highest BCUT2D eigenvalue weighted by Crippen LogP contribution is 2.25. The first-order valence-electron chi connectivity index (χ1n) is 4.95. The number of fused-ring (bicyclic) bond motifs is 1. The number of nitrogens with zero attached hydrogens (tertiary/aromatic N) is 1. The third-order valence-corrected chi connectivity index (χ3v) is 3.54. The molecule has 2 aromatic rings. The number of rotatable bonds is 3. The van der Waals surface area contributed by atoms with Gasteiger partial charge in [-0.3, -0.25) is 0 Å². The molecular weight excluding hydrogens is 228 g/mol. The fourth-order valence-corrected chi connectivity index (χ4v) is 2.54. The van der Waals surface area contributed by atoms with Crippen molar-refractivity contribution in [2.24, 2.45) is 5.73 Å². The fourth-order valence-electron chi connectivity index (χ4n) is 1.41. The quantitative estimate of drug-likeness (QED) is 0.895. The van der Waals surface area contributed by atoms with Crippen LogP contribution in [0.4, 0.5) is 0 Å². The lowest BCUT2D eigenvalue weighted by Crippen LogP contribution is -2.15. The van der Waals surface area contributed by atoms with Gasteiger partial charge in [0.15, 0.2) is 0 Å². The zero-order valence-electron chi connectivity index (χ0n) is 8.53. The maximum atomic E-state index is 5.90. The summed E-state index contributed by atoms with van der Waals surface area (Å²) in [6.45, 7) is 2.02. The summed E-state index contributed by atoms with van der Waals surface area (Å²) < 4.78 is 1.19. The molecule has 0 amide bonds. The molecule has 1 atom stereocenters. The van der Waals surface area contributed by atoms with E-state index in [9.17, 15) is 0 Å². The minimum atomic E-state index is 0.237. The van der Waals surface area contributed by atoms with E-state index in [0.29, 0.717) is 0 Å². The molecule has 2 N–H and O–H groups in total. The van der Waals surface area contributed by atoms with Crippen molar-refractivity contribution in [1.29, 1.82) is 0 Å².